The van der Waals surface area contributed by atoms with E-state index >= 15 is 0 Å². The van der Waals surface area contributed by atoms with Gasteiger partial charge in [-0.05, 0) is 79.2 Å². The number of benzene rings is 4. The summed E-state index contributed by atoms with van der Waals surface area (Å²) in [4.78, 5) is 40.8. The molecule has 0 aromatic heterocycles. The summed E-state index contributed by atoms with van der Waals surface area (Å²) in [6.07, 6.45) is -0.182. The highest BCUT2D eigenvalue weighted by atomic mass is 35.5. The molecule has 0 heterocycles. The van der Waals surface area contributed by atoms with Crippen LogP contribution >= 0.6 is 11.6 Å². The van der Waals surface area contributed by atoms with Gasteiger partial charge in [-0.3, -0.25) is 19.3 Å². The number of amides is 2. The molecule has 0 radical (unpaired) electrons. The van der Waals surface area contributed by atoms with Crippen LogP contribution in [-0.4, -0.2) is 41.4 Å². The molecule has 4 rings (SSSR count). The van der Waals surface area contributed by atoms with Crippen LogP contribution < -0.4 is 14.4 Å². The molecule has 216 valence electrons. The first kappa shape index (κ1) is 30.1. The standard InChI is InChI=1S/C33H31ClN2O6/c1-4-35(22(2)37)21-25-20-28(15-17-29(25)42-31-18-23(19-32(38)39)10-16-30(31)41-3)36(27-8-6-5-7-9-27)33(40)24-11-13-26(34)14-12-24/h5-18,20H,4,19,21H2,1-3H3,(H,38,39). The second-order valence-corrected chi connectivity index (χ2v) is 9.90. The van der Waals surface area contributed by atoms with Crippen LogP contribution in [0.3, 0.4) is 0 Å². The van der Waals surface area contributed by atoms with E-state index < -0.39 is 5.97 Å². The minimum Gasteiger partial charge on any atom is -0.493 e. The van der Waals surface area contributed by atoms with E-state index in [1.807, 2.05) is 43.3 Å². The average molecular weight is 587 g/mol. The zero-order chi connectivity index (χ0) is 30.2. The fourth-order valence-electron chi connectivity index (χ4n) is 4.47. The topological polar surface area (TPSA) is 96.4 Å². The number of ether oxygens (including phenoxy) is 2. The lowest BCUT2D eigenvalue weighted by Gasteiger charge is -2.26. The van der Waals surface area contributed by atoms with Crippen molar-refractivity contribution in [2.75, 3.05) is 18.6 Å². The number of para-hydroxylation sites is 1. The van der Waals surface area contributed by atoms with E-state index in [2.05, 4.69) is 0 Å². The van der Waals surface area contributed by atoms with Crippen LogP contribution in [0.2, 0.25) is 5.02 Å². The number of hydrogen-bond donors (Lipinski definition) is 1. The highest BCUT2D eigenvalue weighted by Gasteiger charge is 2.23. The Labute approximate surface area is 249 Å². The molecule has 0 unspecified atom stereocenters. The summed E-state index contributed by atoms with van der Waals surface area (Å²) in [5, 5.41) is 9.79. The smallest absolute Gasteiger partial charge is 0.307 e. The van der Waals surface area contributed by atoms with Crippen LogP contribution in [0.25, 0.3) is 0 Å². The van der Waals surface area contributed by atoms with Gasteiger partial charge in [-0.15, -0.1) is 0 Å². The first-order valence-corrected chi connectivity index (χ1v) is 13.7. The normalized spacial score (nSPS) is 10.6. The van der Waals surface area contributed by atoms with Crippen LogP contribution in [0, 0.1) is 0 Å². The molecule has 0 fully saturated rings. The zero-order valence-electron chi connectivity index (χ0n) is 23.5. The van der Waals surface area contributed by atoms with Crippen LogP contribution in [0.4, 0.5) is 11.4 Å². The summed E-state index contributed by atoms with van der Waals surface area (Å²) < 4.78 is 11.8. The molecule has 1 N–H and O–H groups in total. The van der Waals surface area contributed by atoms with Crippen molar-refractivity contribution >= 4 is 40.8 Å². The molecule has 4 aromatic rings. The predicted molar refractivity (Wildman–Crippen MR) is 162 cm³/mol. The molecule has 42 heavy (non-hydrogen) atoms. The molecule has 2 amide bonds. The van der Waals surface area contributed by atoms with Crippen molar-refractivity contribution in [3.05, 3.63) is 113 Å². The van der Waals surface area contributed by atoms with Gasteiger partial charge in [-0.25, -0.2) is 0 Å². The number of aliphatic carboxylic acids is 1. The van der Waals surface area contributed by atoms with Crippen molar-refractivity contribution < 1.29 is 29.0 Å². The highest BCUT2D eigenvalue weighted by Crippen LogP contribution is 2.38. The Morgan fingerprint density at radius 2 is 1.52 bits per heavy atom. The lowest BCUT2D eigenvalue weighted by Crippen LogP contribution is -2.29. The van der Waals surface area contributed by atoms with Gasteiger partial charge in [0.1, 0.15) is 5.75 Å². The molecule has 0 aliphatic carbocycles. The zero-order valence-corrected chi connectivity index (χ0v) is 24.3. The van der Waals surface area contributed by atoms with E-state index in [9.17, 15) is 19.5 Å². The van der Waals surface area contributed by atoms with Crippen molar-refractivity contribution in [1.82, 2.24) is 4.90 Å². The summed E-state index contributed by atoms with van der Waals surface area (Å²) in [6.45, 7) is 4.05. The number of methoxy groups -OCH3 is 1. The quantitative estimate of drug-likeness (QED) is 0.201. The Bertz CT molecular complexity index is 1570. The minimum atomic E-state index is -0.970. The Morgan fingerprint density at radius 1 is 0.833 bits per heavy atom. The van der Waals surface area contributed by atoms with Gasteiger partial charge in [0.15, 0.2) is 11.5 Å². The van der Waals surface area contributed by atoms with Crippen molar-refractivity contribution in [3.8, 4) is 17.2 Å². The van der Waals surface area contributed by atoms with Gasteiger partial charge >= 0.3 is 5.97 Å². The predicted octanol–water partition coefficient (Wildman–Crippen LogP) is 7.11. The molecule has 9 heteroatoms. The summed E-state index contributed by atoms with van der Waals surface area (Å²) >= 11 is 6.07. The Kier molecular flexibility index (Phi) is 9.83. The number of halogens is 1. The highest BCUT2D eigenvalue weighted by molar-refractivity contribution is 6.30. The largest absolute Gasteiger partial charge is 0.493 e. The van der Waals surface area contributed by atoms with Gasteiger partial charge in [-0.2, -0.15) is 0 Å². The van der Waals surface area contributed by atoms with Gasteiger partial charge < -0.3 is 19.5 Å². The van der Waals surface area contributed by atoms with Crippen molar-refractivity contribution in [2.24, 2.45) is 0 Å². The fraction of sp³-hybridized carbons (Fsp3) is 0.182. The lowest BCUT2D eigenvalue weighted by molar-refractivity contribution is -0.136. The number of carbonyl (C=O) groups is 3. The van der Waals surface area contributed by atoms with Crippen molar-refractivity contribution in [1.29, 1.82) is 0 Å². The van der Waals surface area contributed by atoms with E-state index in [-0.39, 0.29) is 24.8 Å². The third kappa shape index (κ3) is 7.27. The summed E-state index contributed by atoms with van der Waals surface area (Å²) in [6, 6.07) is 26.2. The lowest BCUT2D eigenvalue weighted by atomic mass is 10.1. The van der Waals surface area contributed by atoms with E-state index in [1.54, 1.807) is 64.4 Å². The second kappa shape index (κ2) is 13.7. The molecular weight excluding hydrogens is 556 g/mol. The van der Waals surface area contributed by atoms with Gasteiger partial charge in [0.2, 0.25) is 5.91 Å². The van der Waals surface area contributed by atoms with E-state index in [4.69, 9.17) is 21.1 Å². The molecule has 4 aromatic carbocycles. The van der Waals surface area contributed by atoms with E-state index in [1.165, 1.54) is 14.0 Å². The molecular formula is C33H31ClN2O6. The van der Waals surface area contributed by atoms with Crippen molar-refractivity contribution in [3.63, 3.8) is 0 Å². The maximum Gasteiger partial charge on any atom is 0.307 e. The Morgan fingerprint density at radius 3 is 2.14 bits per heavy atom. The summed E-state index contributed by atoms with van der Waals surface area (Å²) in [7, 11) is 1.50. The molecule has 0 saturated heterocycles. The average Bonchev–Trinajstić information content (AvgIpc) is 2.97. The number of hydrogen-bond acceptors (Lipinski definition) is 5. The first-order chi connectivity index (χ1) is 20.2. The molecule has 0 spiro atoms. The monoisotopic (exact) mass is 586 g/mol. The third-order valence-corrected chi connectivity index (χ3v) is 6.85. The molecule has 0 saturated carbocycles. The summed E-state index contributed by atoms with van der Waals surface area (Å²) in [5.74, 6) is -0.180. The maximum absolute atomic E-state index is 13.9. The second-order valence-electron chi connectivity index (χ2n) is 9.47. The fourth-order valence-corrected chi connectivity index (χ4v) is 4.59. The Hall–Kier alpha value is -4.82. The Balaban J connectivity index is 1.83. The van der Waals surface area contributed by atoms with Gasteiger partial charge in [0.25, 0.3) is 5.91 Å². The SMILES string of the molecule is CCN(Cc1cc(N(C(=O)c2ccc(Cl)cc2)c2ccccc2)ccc1Oc1cc(CC(=O)O)ccc1OC)C(C)=O. The third-order valence-electron chi connectivity index (χ3n) is 6.60. The first-order valence-electron chi connectivity index (χ1n) is 13.3. The van der Waals surface area contributed by atoms with E-state index in [0.29, 0.717) is 56.9 Å². The number of nitrogens with zero attached hydrogens (tertiary/aromatic N) is 2. The van der Waals surface area contributed by atoms with Crippen LogP contribution in [0.1, 0.15) is 35.3 Å². The van der Waals surface area contributed by atoms with Gasteiger partial charge in [0.05, 0.1) is 13.5 Å². The maximum atomic E-state index is 13.9. The number of rotatable bonds is 11. The van der Waals surface area contributed by atoms with Gasteiger partial charge in [-0.1, -0.05) is 35.9 Å². The number of carboxylic acids is 1. The number of anilines is 2. The van der Waals surface area contributed by atoms with Crippen molar-refractivity contribution in [2.45, 2.75) is 26.8 Å². The molecule has 0 aliphatic heterocycles. The molecule has 0 atom stereocenters. The van der Waals surface area contributed by atoms with Crippen LogP contribution in [0.5, 0.6) is 17.2 Å². The minimum absolute atomic E-state index is 0.118. The summed E-state index contributed by atoms with van der Waals surface area (Å²) in [5.41, 5.74) is 2.84. The van der Waals surface area contributed by atoms with E-state index in [0.717, 1.165) is 0 Å². The number of carboxylic acid groups (broad SMARTS) is 1. The van der Waals surface area contributed by atoms with Crippen LogP contribution in [-0.2, 0) is 22.6 Å². The molecule has 0 bridgehead atoms. The van der Waals surface area contributed by atoms with Gasteiger partial charge in [0, 0.05) is 47.5 Å². The molecule has 0 aliphatic rings. The number of carbonyl (C=O) groups excluding carboxylic acids is 2. The molecule has 8 nitrogen and oxygen atoms in total. The van der Waals surface area contributed by atoms with Crippen LogP contribution in [0.15, 0.2) is 91.0 Å².